The van der Waals surface area contributed by atoms with E-state index in [9.17, 15) is 14.7 Å². The predicted octanol–water partition coefficient (Wildman–Crippen LogP) is 0.877. The molecule has 0 aromatic carbocycles. The van der Waals surface area contributed by atoms with Crippen molar-refractivity contribution in [2.75, 3.05) is 13.1 Å². The van der Waals surface area contributed by atoms with Crippen molar-refractivity contribution in [2.45, 2.75) is 44.9 Å². The maximum atomic E-state index is 11.4. The van der Waals surface area contributed by atoms with E-state index in [1.54, 1.807) is 0 Å². The average molecular weight is 242 g/mol. The Morgan fingerprint density at radius 1 is 1.24 bits per heavy atom. The maximum Gasteiger partial charge on any atom is 0.311 e. The lowest BCUT2D eigenvalue weighted by Crippen LogP contribution is -2.44. The summed E-state index contributed by atoms with van der Waals surface area (Å²) >= 11 is 0. The Labute approximate surface area is 102 Å². The van der Waals surface area contributed by atoms with Crippen LogP contribution in [0.5, 0.6) is 0 Å². The van der Waals surface area contributed by atoms with Crippen LogP contribution in [0.3, 0.4) is 0 Å². The second-order valence-corrected chi connectivity index (χ2v) is 4.82. The quantitative estimate of drug-likeness (QED) is 0.644. The first-order chi connectivity index (χ1) is 8.10. The van der Waals surface area contributed by atoms with E-state index in [2.05, 4.69) is 5.32 Å². The smallest absolute Gasteiger partial charge is 0.311 e. The molecular formula is C12H22N2O3. The SMILES string of the molecule is NCCCC(=O)NCC1(C(=O)O)CCCCC1. The fourth-order valence-corrected chi connectivity index (χ4v) is 2.31. The van der Waals surface area contributed by atoms with Gasteiger partial charge in [0, 0.05) is 13.0 Å². The number of aliphatic carboxylic acids is 1. The minimum atomic E-state index is -0.781. The molecule has 1 aliphatic rings. The first-order valence-corrected chi connectivity index (χ1v) is 6.31. The van der Waals surface area contributed by atoms with E-state index in [1.807, 2.05) is 0 Å². The molecule has 0 aliphatic heterocycles. The lowest BCUT2D eigenvalue weighted by atomic mass is 9.74. The number of nitrogens with two attached hydrogens (primary N) is 1. The number of carboxylic acid groups (broad SMARTS) is 1. The van der Waals surface area contributed by atoms with Gasteiger partial charge in [-0.2, -0.15) is 0 Å². The summed E-state index contributed by atoms with van der Waals surface area (Å²) in [5.74, 6) is -0.877. The first kappa shape index (κ1) is 14.0. The van der Waals surface area contributed by atoms with Crippen LogP contribution in [0.2, 0.25) is 0 Å². The van der Waals surface area contributed by atoms with Crippen LogP contribution in [-0.4, -0.2) is 30.1 Å². The summed E-state index contributed by atoms with van der Waals surface area (Å²) in [6, 6.07) is 0. The summed E-state index contributed by atoms with van der Waals surface area (Å²) in [6.45, 7) is 0.739. The number of amides is 1. The van der Waals surface area contributed by atoms with E-state index in [1.165, 1.54) is 0 Å². The van der Waals surface area contributed by atoms with Crippen LogP contribution < -0.4 is 11.1 Å². The van der Waals surface area contributed by atoms with Crippen molar-refractivity contribution < 1.29 is 14.7 Å². The average Bonchev–Trinajstić information content (AvgIpc) is 2.34. The van der Waals surface area contributed by atoms with Crippen molar-refractivity contribution in [3.05, 3.63) is 0 Å². The largest absolute Gasteiger partial charge is 0.481 e. The molecule has 5 heteroatoms. The number of nitrogens with one attached hydrogen (secondary N) is 1. The van der Waals surface area contributed by atoms with Gasteiger partial charge in [0.2, 0.25) is 5.91 Å². The molecule has 0 aromatic heterocycles. The van der Waals surface area contributed by atoms with Crippen LogP contribution in [0.25, 0.3) is 0 Å². The molecular weight excluding hydrogens is 220 g/mol. The van der Waals surface area contributed by atoms with Crippen molar-refractivity contribution in [2.24, 2.45) is 11.1 Å². The van der Waals surface area contributed by atoms with Crippen LogP contribution >= 0.6 is 0 Å². The first-order valence-electron chi connectivity index (χ1n) is 6.31. The zero-order chi connectivity index (χ0) is 12.7. The summed E-state index contributed by atoms with van der Waals surface area (Å²) < 4.78 is 0. The van der Waals surface area contributed by atoms with Gasteiger partial charge in [-0.15, -0.1) is 0 Å². The van der Waals surface area contributed by atoms with Crippen LogP contribution in [-0.2, 0) is 9.59 Å². The van der Waals surface area contributed by atoms with E-state index < -0.39 is 11.4 Å². The molecule has 1 fully saturated rings. The van der Waals surface area contributed by atoms with Gasteiger partial charge in [-0.1, -0.05) is 19.3 Å². The van der Waals surface area contributed by atoms with Crippen molar-refractivity contribution in [3.8, 4) is 0 Å². The third kappa shape index (κ3) is 4.00. The number of hydrogen-bond acceptors (Lipinski definition) is 3. The van der Waals surface area contributed by atoms with Gasteiger partial charge in [-0.05, 0) is 25.8 Å². The van der Waals surface area contributed by atoms with Crippen molar-refractivity contribution in [1.29, 1.82) is 0 Å². The summed E-state index contributed by atoms with van der Waals surface area (Å²) in [5, 5.41) is 12.0. The van der Waals surface area contributed by atoms with Crippen molar-refractivity contribution in [3.63, 3.8) is 0 Å². The molecule has 17 heavy (non-hydrogen) atoms. The van der Waals surface area contributed by atoms with E-state index in [0.717, 1.165) is 19.3 Å². The normalized spacial score (nSPS) is 18.6. The summed E-state index contributed by atoms with van der Waals surface area (Å²) in [7, 11) is 0. The Hall–Kier alpha value is -1.10. The monoisotopic (exact) mass is 242 g/mol. The van der Waals surface area contributed by atoms with Gasteiger partial charge in [-0.3, -0.25) is 9.59 Å². The molecule has 0 heterocycles. The highest BCUT2D eigenvalue weighted by Crippen LogP contribution is 2.35. The van der Waals surface area contributed by atoms with E-state index in [0.29, 0.717) is 32.2 Å². The second-order valence-electron chi connectivity index (χ2n) is 4.82. The Balaban J connectivity index is 2.44. The number of hydrogen-bond donors (Lipinski definition) is 3. The maximum absolute atomic E-state index is 11.4. The van der Waals surface area contributed by atoms with Gasteiger partial charge in [0.1, 0.15) is 0 Å². The minimum Gasteiger partial charge on any atom is -0.481 e. The molecule has 0 spiro atoms. The molecule has 0 unspecified atom stereocenters. The Morgan fingerprint density at radius 3 is 2.41 bits per heavy atom. The molecule has 4 N–H and O–H groups in total. The van der Waals surface area contributed by atoms with Crippen LogP contribution in [0.15, 0.2) is 0 Å². The highest BCUT2D eigenvalue weighted by Gasteiger charge is 2.39. The minimum absolute atomic E-state index is 0.0957. The summed E-state index contributed by atoms with van der Waals surface area (Å²) in [4.78, 5) is 22.8. The molecule has 1 amide bonds. The van der Waals surface area contributed by atoms with Gasteiger partial charge in [0.25, 0.3) is 0 Å². The molecule has 0 saturated heterocycles. The zero-order valence-corrected chi connectivity index (χ0v) is 10.2. The van der Waals surface area contributed by atoms with Gasteiger partial charge >= 0.3 is 5.97 Å². The van der Waals surface area contributed by atoms with Crippen LogP contribution in [0, 0.1) is 5.41 Å². The number of carboxylic acids is 1. The number of rotatable bonds is 6. The molecule has 1 aliphatic carbocycles. The molecule has 0 aromatic rings. The highest BCUT2D eigenvalue weighted by atomic mass is 16.4. The third-order valence-corrected chi connectivity index (χ3v) is 3.50. The van der Waals surface area contributed by atoms with Crippen molar-refractivity contribution in [1.82, 2.24) is 5.32 Å². The Morgan fingerprint density at radius 2 is 1.88 bits per heavy atom. The Bertz CT molecular complexity index is 273. The molecule has 98 valence electrons. The zero-order valence-electron chi connectivity index (χ0n) is 10.2. The topological polar surface area (TPSA) is 92.4 Å². The van der Waals surface area contributed by atoms with E-state index >= 15 is 0 Å². The molecule has 0 bridgehead atoms. The lowest BCUT2D eigenvalue weighted by Gasteiger charge is -2.33. The van der Waals surface area contributed by atoms with E-state index in [-0.39, 0.29) is 12.5 Å². The van der Waals surface area contributed by atoms with Crippen LogP contribution in [0.4, 0.5) is 0 Å². The predicted molar refractivity (Wildman–Crippen MR) is 64.5 cm³/mol. The van der Waals surface area contributed by atoms with Gasteiger partial charge < -0.3 is 16.2 Å². The molecule has 1 rings (SSSR count). The van der Waals surface area contributed by atoms with Crippen molar-refractivity contribution >= 4 is 11.9 Å². The summed E-state index contributed by atoms with van der Waals surface area (Å²) in [5.41, 5.74) is 4.58. The number of carbonyl (C=O) groups is 2. The molecule has 5 nitrogen and oxygen atoms in total. The van der Waals surface area contributed by atoms with Gasteiger partial charge in [0.15, 0.2) is 0 Å². The fourth-order valence-electron chi connectivity index (χ4n) is 2.31. The molecule has 1 saturated carbocycles. The lowest BCUT2D eigenvalue weighted by molar-refractivity contribution is -0.151. The molecule has 0 radical (unpaired) electrons. The van der Waals surface area contributed by atoms with Gasteiger partial charge in [0.05, 0.1) is 5.41 Å². The Kier molecular flexibility index (Phi) is 5.41. The number of carbonyl (C=O) groups excluding carboxylic acids is 1. The molecule has 0 atom stereocenters. The fraction of sp³-hybridized carbons (Fsp3) is 0.833. The summed E-state index contributed by atoms with van der Waals surface area (Å²) in [6.07, 6.45) is 5.32. The van der Waals surface area contributed by atoms with Crippen LogP contribution in [0.1, 0.15) is 44.9 Å². The van der Waals surface area contributed by atoms with E-state index in [4.69, 9.17) is 5.73 Å². The standard InChI is InChI=1S/C12H22N2O3/c13-8-4-5-10(15)14-9-12(11(16)17)6-2-1-3-7-12/h1-9,13H2,(H,14,15)(H,16,17). The van der Waals surface area contributed by atoms with Gasteiger partial charge in [-0.25, -0.2) is 0 Å². The third-order valence-electron chi connectivity index (χ3n) is 3.50. The highest BCUT2D eigenvalue weighted by molar-refractivity contribution is 5.79. The second kappa shape index (κ2) is 6.59.